The number of furan rings is 1. The molecular weight excluding hydrogens is 412 g/mol. The predicted molar refractivity (Wildman–Crippen MR) is 113 cm³/mol. The highest BCUT2D eigenvalue weighted by Gasteiger charge is 2.32. The minimum absolute atomic E-state index is 0.123. The average Bonchev–Trinajstić information content (AvgIpc) is 3.45. The summed E-state index contributed by atoms with van der Waals surface area (Å²) in [6.45, 7) is 3.58. The zero-order valence-corrected chi connectivity index (χ0v) is 17.1. The molecule has 2 aromatic rings. The Hall–Kier alpha value is -2.49. The van der Waals surface area contributed by atoms with E-state index in [1.165, 1.54) is 11.8 Å². The number of morpholine rings is 1. The molecule has 2 saturated heterocycles. The Balaban J connectivity index is 1.30. The fraction of sp³-hybridized carbons (Fsp3) is 0.300. The van der Waals surface area contributed by atoms with Crippen molar-refractivity contribution in [1.29, 1.82) is 0 Å². The summed E-state index contributed by atoms with van der Waals surface area (Å²) in [6, 6.07) is 9.43. The Bertz CT molecular complexity index is 997. The van der Waals surface area contributed by atoms with Gasteiger partial charge in [-0.2, -0.15) is 0 Å². The van der Waals surface area contributed by atoms with Crippen molar-refractivity contribution in [2.75, 3.05) is 38.0 Å². The lowest BCUT2D eigenvalue weighted by Crippen LogP contribution is -2.35. The monoisotopic (exact) mass is 430 g/mol. The fourth-order valence-electron chi connectivity index (χ4n) is 3.36. The summed E-state index contributed by atoms with van der Waals surface area (Å²) < 4.78 is 22.5. The van der Waals surface area contributed by atoms with Crippen LogP contribution in [0.5, 0.6) is 11.5 Å². The molecule has 0 N–H and O–H groups in total. The number of benzene rings is 1. The van der Waals surface area contributed by atoms with Gasteiger partial charge in [0, 0.05) is 25.2 Å². The van der Waals surface area contributed by atoms with Crippen LogP contribution < -0.4 is 14.4 Å². The van der Waals surface area contributed by atoms with Gasteiger partial charge in [-0.15, -0.1) is 0 Å². The number of nitrogens with zero attached hydrogens (tertiary/aromatic N) is 2. The van der Waals surface area contributed by atoms with Gasteiger partial charge < -0.3 is 23.5 Å². The molecule has 5 rings (SSSR count). The van der Waals surface area contributed by atoms with Gasteiger partial charge in [-0.05, 0) is 23.8 Å². The lowest BCUT2D eigenvalue weighted by Gasteiger charge is -2.26. The molecule has 150 valence electrons. The van der Waals surface area contributed by atoms with Gasteiger partial charge in [-0.3, -0.25) is 9.69 Å². The van der Waals surface area contributed by atoms with Crippen LogP contribution in [0.15, 0.2) is 39.7 Å². The topological polar surface area (TPSA) is 64.4 Å². The van der Waals surface area contributed by atoms with E-state index in [1.54, 1.807) is 11.0 Å². The van der Waals surface area contributed by atoms with Gasteiger partial charge in [0.05, 0.1) is 24.7 Å². The third kappa shape index (κ3) is 3.73. The highest BCUT2D eigenvalue weighted by atomic mass is 32.2. The van der Waals surface area contributed by atoms with Crippen LogP contribution in [-0.4, -0.2) is 48.2 Å². The Labute approximate surface area is 177 Å². The fourth-order valence-corrected chi connectivity index (χ4v) is 4.60. The van der Waals surface area contributed by atoms with E-state index in [-0.39, 0.29) is 12.7 Å². The summed E-state index contributed by atoms with van der Waals surface area (Å²) in [5.74, 6) is 2.70. The summed E-state index contributed by atoms with van der Waals surface area (Å²) in [6.07, 6.45) is 1.75. The Morgan fingerprint density at radius 2 is 1.93 bits per heavy atom. The normalized spacial score (nSPS) is 20.2. The van der Waals surface area contributed by atoms with E-state index in [0.717, 1.165) is 24.5 Å². The van der Waals surface area contributed by atoms with E-state index in [1.807, 2.05) is 30.3 Å². The molecule has 1 aromatic heterocycles. The third-order valence-corrected chi connectivity index (χ3v) is 6.24. The molecule has 9 heteroatoms. The molecule has 0 aliphatic carbocycles. The molecule has 0 unspecified atom stereocenters. The second-order valence-corrected chi connectivity index (χ2v) is 8.41. The lowest BCUT2D eigenvalue weighted by atomic mass is 10.2. The maximum Gasteiger partial charge on any atom is 0.266 e. The van der Waals surface area contributed by atoms with E-state index in [2.05, 4.69) is 4.90 Å². The first kappa shape index (κ1) is 18.5. The van der Waals surface area contributed by atoms with Gasteiger partial charge in [-0.25, -0.2) is 0 Å². The number of amides is 1. The van der Waals surface area contributed by atoms with Gasteiger partial charge >= 0.3 is 0 Å². The largest absolute Gasteiger partial charge is 0.454 e. The second-order valence-electron chi connectivity index (χ2n) is 6.73. The maximum atomic E-state index is 12.9. The van der Waals surface area contributed by atoms with Crippen molar-refractivity contribution in [3.63, 3.8) is 0 Å². The van der Waals surface area contributed by atoms with Crippen molar-refractivity contribution >= 4 is 46.2 Å². The molecule has 1 aromatic carbocycles. The number of thioether (sulfide) groups is 1. The van der Waals surface area contributed by atoms with Gasteiger partial charge in [0.15, 0.2) is 17.4 Å². The van der Waals surface area contributed by atoms with Crippen LogP contribution in [0, 0.1) is 0 Å². The van der Waals surface area contributed by atoms with E-state index in [0.29, 0.717) is 46.2 Å². The van der Waals surface area contributed by atoms with Crippen molar-refractivity contribution < 1.29 is 23.4 Å². The molecule has 7 nitrogen and oxygen atoms in total. The first-order chi connectivity index (χ1) is 14.2. The third-order valence-electron chi connectivity index (χ3n) is 4.86. The molecule has 0 atom stereocenters. The van der Waals surface area contributed by atoms with Crippen LogP contribution in [-0.2, 0) is 16.1 Å². The van der Waals surface area contributed by atoms with Gasteiger partial charge in [0.2, 0.25) is 6.79 Å². The van der Waals surface area contributed by atoms with E-state index in [9.17, 15) is 4.79 Å². The van der Waals surface area contributed by atoms with E-state index < -0.39 is 0 Å². The number of fused-ring (bicyclic) bond motifs is 1. The number of hydrogen-bond donors (Lipinski definition) is 0. The number of rotatable bonds is 4. The maximum absolute atomic E-state index is 12.9. The number of carbonyl (C=O) groups is 1. The first-order valence-electron chi connectivity index (χ1n) is 9.24. The number of carbonyl (C=O) groups excluding carboxylic acids is 1. The van der Waals surface area contributed by atoms with Crippen LogP contribution in [0.25, 0.3) is 6.08 Å². The Morgan fingerprint density at radius 3 is 2.79 bits per heavy atom. The van der Waals surface area contributed by atoms with Crippen LogP contribution in [0.3, 0.4) is 0 Å². The lowest BCUT2D eigenvalue weighted by molar-refractivity contribution is -0.122. The molecule has 3 aliphatic rings. The van der Waals surface area contributed by atoms with Crippen molar-refractivity contribution in [2.45, 2.75) is 6.54 Å². The van der Waals surface area contributed by atoms with Crippen molar-refractivity contribution in [3.8, 4) is 11.5 Å². The molecule has 0 bridgehead atoms. The summed E-state index contributed by atoms with van der Waals surface area (Å²) in [7, 11) is 0. The highest BCUT2D eigenvalue weighted by molar-refractivity contribution is 8.26. The SMILES string of the molecule is O=C1C(=Cc2ccc(N3CCOCC3)o2)SC(=S)N1Cc1ccc2c(c1)OCO2. The van der Waals surface area contributed by atoms with Crippen molar-refractivity contribution in [1.82, 2.24) is 4.90 Å². The number of thiocarbonyl (C=S) groups is 1. The average molecular weight is 431 g/mol. The quantitative estimate of drug-likeness (QED) is 0.541. The number of hydrogen-bond acceptors (Lipinski definition) is 8. The summed E-state index contributed by atoms with van der Waals surface area (Å²) in [4.78, 5) is 17.2. The van der Waals surface area contributed by atoms with Gasteiger partial charge in [0.1, 0.15) is 10.1 Å². The molecule has 4 heterocycles. The molecule has 0 radical (unpaired) electrons. The van der Waals surface area contributed by atoms with Crippen LogP contribution >= 0.6 is 24.0 Å². The highest BCUT2D eigenvalue weighted by Crippen LogP contribution is 2.36. The van der Waals surface area contributed by atoms with E-state index >= 15 is 0 Å². The first-order valence-corrected chi connectivity index (χ1v) is 10.5. The Kier molecular flexibility index (Phi) is 4.94. The van der Waals surface area contributed by atoms with E-state index in [4.69, 9.17) is 30.8 Å². The zero-order valence-electron chi connectivity index (χ0n) is 15.5. The van der Waals surface area contributed by atoms with Crippen molar-refractivity contribution in [2.24, 2.45) is 0 Å². The smallest absolute Gasteiger partial charge is 0.266 e. The molecular formula is C20H18N2O5S2. The van der Waals surface area contributed by atoms with Crippen LogP contribution in [0.2, 0.25) is 0 Å². The van der Waals surface area contributed by atoms with Crippen molar-refractivity contribution in [3.05, 3.63) is 46.6 Å². The predicted octanol–water partition coefficient (Wildman–Crippen LogP) is 3.25. The molecule has 2 fully saturated rings. The standard InChI is InChI=1S/C20H18N2O5S2/c23-19-17(10-14-2-4-18(27-14)21-5-7-24-8-6-21)29-20(28)22(19)11-13-1-3-15-16(9-13)26-12-25-15/h1-4,9-10H,5-8,11-12H2. The van der Waals surface area contributed by atoms with Crippen LogP contribution in [0.4, 0.5) is 5.88 Å². The summed E-state index contributed by atoms with van der Waals surface area (Å²) >= 11 is 6.72. The molecule has 29 heavy (non-hydrogen) atoms. The van der Waals surface area contributed by atoms with Gasteiger partial charge in [-0.1, -0.05) is 30.0 Å². The van der Waals surface area contributed by atoms with Crippen LogP contribution in [0.1, 0.15) is 11.3 Å². The summed E-state index contributed by atoms with van der Waals surface area (Å²) in [5.41, 5.74) is 0.930. The molecule has 0 saturated carbocycles. The summed E-state index contributed by atoms with van der Waals surface area (Å²) in [5, 5.41) is 0. The molecule has 1 amide bonds. The minimum atomic E-state index is -0.123. The van der Waals surface area contributed by atoms with Gasteiger partial charge in [0.25, 0.3) is 5.91 Å². The molecule has 3 aliphatic heterocycles. The number of anilines is 1. The number of ether oxygens (including phenoxy) is 3. The Morgan fingerprint density at radius 1 is 1.10 bits per heavy atom. The molecule has 0 spiro atoms. The zero-order chi connectivity index (χ0) is 19.8. The minimum Gasteiger partial charge on any atom is -0.454 e. The second kappa shape index (κ2) is 7.74.